The van der Waals surface area contributed by atoms with Crippen molar-refractivity contribution in [1.29, 1.82) is 0 Å². The number of rotatable bonds is 5. The summed E-state index contributed by atoms with van der Waals surface area (Å²) in [5.74, 6) is 0. The van der Waals surface area contributed by atoms with Crippen molar-refractivity contribution >= 4 is 15.9 Å². The van der Waals surface area contributed by atoms with E-state index in [9.17, 15) is 0 Å². The summed E-state index contributed by atoms with van der Waals surface area (Å²) in [5, 5.41) is 11.7. The topological polar surface area (TPSA) is 42.7 Å². The number of nitrogens with zero attached hydrogens (tertiary/aromatic N) is 3. The van der Waals surface area contributed by atoms with Crippen molar-refractivity contribution in [1.82, 2.24) is 20.3 Å². The molecule has 1 aromatic carbocycles. The Kier molecular flexibility index (Phi) is 4.71. The predicted molar refractivity (Wildman–Crippen MR) is 80.0 cm³/mol. The maximum absolute atomic E-state index is 4.17. The van der Waals surface area contributed by atoms with E-state index in [0.717, 1.165) is 23.1 Å². The normalized spacial score (nSPS) is 12.6. The Morgan fingerprint density at radius 2 is 2.16 bits per heavy atom. The van der Waals surface area contributed by atoms with Crippen LogP contribution in [0.1, 0.15) is 29.8 Å². The highest BCUT2D eigenvalue weighted by Gasteiger charge is 2.14. The minimum atomic E-state index is 0.262. The van der Waals surface area contributed by atoms with Gasteiger partial charge in [0.15, 0.2) is 0 Å². The van der Waals surface area contributed by atoms with Gasteiger partial charge in [-0.1, -0.05) is 34.1 Å². The van der Waals surface area contributed by atoms with Crippen LogP contribution in [-0.4, -0.2) is 21.5 Å². The highest BCUT2D eigenvalue weighted by atomic mass is 79.9. The number of halogens is 1. The quantitative estimate of drug-likeness (QED) is 0.920. The predicted octanol–water partition coefficient (Wildman–Crippen LogP) is 2.78. The lowest BCUT2D eigenvalue weighted by molar-refractivity contribution is 0.543. The number of hydrogen-bond acceptors (Lipinski definition) is 3. The fourth-order valence-corrected chi connectivity index (χ4v) is 2.84. The van der Waals surface area contributed by atoms with Crippen LogP contribution in [-0.2, 0) is 13.5 Å². The Morgan fingerprint density at radius 1 is 1.37 bits per heavy atom. The van der Waals surface area contributed by atoms with Crippen molar-refractivity contribution in [2.75, 3.05) is 6.54 Å². The van der Waals surface area contributed by atoms with Crippen LogP contribution in [0.5, 0.6) is 0 Å². The van der Waals surface area contributed by atoms with Crippen molar-refractivity contribution < 1.29 is 0 Å². The lowest BCUT2D eigenvalue weighted by Gasteiger charge is -2.18. The molecule has 0 bridgehead atoms. The summed E-state index contributed by atoms with van der Waals surface area (Å²) >= 11 is 3.56. The SMILES string of the molecule is CCNC(Cc1cn(C)nn1)c1cc(C)cc(Br)c1. The first kappa shape index (κ1) is 14.2. The summed E-state index contributed by atoms with van der Waals surface area (Å²) < 4.78 is 2.86. The van der Waals surface area contributed by atoms with Crippen LogP contribution in [0.4, 0.5) is 0 Å². The highest BCUT2D eigenvalue weighted by molar-refractivity contribution is 9.10. The van der Waals surface area contributed by atoms with Crippen LogP contribution in [0.3, 0.4) is 0 Å². The van der Waals surface area contributed by atoms with E-state index in [1.807, 2.05) is 13.2 Å². The third kappa shape index (κ3) is 3.88. The Hall–Kier alpha value is -1.20. The van der Waals surface area contributed by atoms with E-state index in [0.29, 0.717) is 0 Å². The first-order valence-corrected chi connectivity index (χ1v) is 7.23. The fourth-order valence-electron chi connectivity index (χ4n) is 2.22. The lowest BCUT2D eigenvalue weighted by atomic mass is 10.0. The molecule has 5 heteroatoms. The molecule has 1 N–H and O–H groups in total. The highest BCUT2D eigenvalue weighted by Crippen LogP contribution is 2.23. The van der Waals surface area contributed by atoms with Crippen molar-refractivity contribution in [2.24, 2.45) is 7.05 Å². The van der Waals surface area contributed by atoms with Gasteiger partial charge in [0.2, 0.25) is 0 Å². The molecular weight excluding hydrogens is 304 g/mol. The lowest BCUT2D eigenvalue weighted by Crippen LogP contribution is -2.23. The largest absolute Gasteiger partial charge is 0.310 e. The Labute approximate surface area is 122 Å². The van der Waals surface area contributed by atoms with Gasteiger partial charge in [-0.2, -0.15) is 0 Å². The van der Waals surface area contributed by atoms with Crippen molar-refractivity contribution in [3.8, 4) is 0 Å². The van der Waals surface area contributed by atoms with Crippen LogP contribution in [0.25, 0.3) is 0 Å². The van der Waals surface area contributed by atoms with Gasteiger partial charge in [0.25, 0.3) is 0 Å². The second-order valence-electron chi connectivity index (χ2n) is 4.76. The average Bonchev–Trinajstić information content (AvgIpc) is 2.73. The number of aromatic nitrogens is 3. The molecule has 2 aromatic rings. The smallest absolute Gasteiger partial charge is 0.0845 e. The summed E-state index contributed by atoms with van der Waals surface area (Å²) in [5.41, 5.74) is 3.54. The molecule has 102 valence electrons. The van der Waals surface area contributed by atoms with E-state index in [-0.39, 0.29) is 6.04 Å². The summed E-state index contributed by atoms with van der Waals surface area (Å²) in [4.78, 5) is 0. The maximum Gasteiger partial charge on any atom is 0.0845 e. The minimum absolute atomic E-state index is 0.262. The van der Waals surface area contributed by atoms with Crippen molar-refractivity contribution in [3.63, 3.8) is 0 Å². The van der Waals surface area contributed by atoms with Crippen molar-refractivity contribution in [3.05, 3.63) is 45.7 Å². The molecule has 0 aliphatic carbocycles. The van der Waals surface area contributed by atoms with Gasteiger partial charge in [0.1, 0.15) is 0 Å². The molecule has 0 saturated heterocycles. The van der Waals surface area contributed by atoms with Crippen LogP contribution >= 0.6 is 15.9 Å². The zero-order valence-corrected chi connectivity index (χ0v) is 13.1. The van der Waals surface area contributed by atoms with Crippen LogP contribution < -0.4 is 5.32 Å². The summed E-state index contributed by atoms with van der Waals surface area (Å²) in [7, 11) is 1.89. The van der Waals surface area contributed by atoms with E-state index in [2.05, 4.69) is 63.6 Å². The molecule has 0 radical (unpaired) electrons. The standard InChI is InChI=1S/C14H19BrN4/c1-4-16-14(8-13-9-19(3)18-17-13)11-5-10(2)6-12(15)7-11/h5-7,9,14,16H,4,8H2,1-3H3. The van der Waals surface area contributed by atoms with Gasteiger partial charge in [-0.15, -0.1) is 5.10 Å². The van der Waals surface area contributed by atoms with Gasteiger partial charge in [0.05, 0.1) is 5.69 Å². The molecule has 0 amide bonds. The molecule has 2 rings (SSSR count). The molecule has 0 aliphatic heterocycles. The maximum atomic E-state index is 4.17. The number of hydrogen-bond donors (Lipinski definition) is 1. The van der Waals surface area contributed by atoms with E-state index in [1.54, 1.807) is 4.68 Å². The molecule has 0 saturated carbocycles. The first-order valence-electron chi connectivity index (χ1n) is 6.44. The van der Waals surface area contributed by atoms with Gasteiger partial charge in [0, 0.05) is 30.2 Å². The Balaban J connectivity index is 2.23. The number of likely N-dealkylation sites (N-methyl/N-ethyl adjacent to an activating group) is 1. The number of benzene rings is 1. The number of nitrogens with one attached hydrogen (secondary N) is 1. The van der Waals surface area contributed by atoms with Gasteiger partial charge in [-0.3, -0.25) is 4.68 Å². The van der Waals surface area contributed by atoms with Crippen LogP contribution in [0.2, 0.25) is 0 Å². The third-order valence-electron chi connectivity index (χ3n) is 2.98. The second-order valence-corrected chi connectivity index (χ2v) is 5.68. The summed E-state index contributed by atoms with van der Waals surface area (Å²) in [6, 6.07) is 6.76. The summed E-state index contributed by atoms with van der Waals surface area (Å²) in [6.45, 7) is 5.16. The van der Waals surface area contributed by atoms with Gasteiger partial charge >= 0.3 is 0 Å². The minimum Gasteiger partial charge on any atom is -0.310 e. The molecule has 0 fully saturated rings. The zero-order chi connectivity index (χ0) is 13.8. The average molecular weight is 323 g/mol. The van der Waals surface area contributed by atoms with Gasteiger partial charge in [-0.25, -0.2) is 0 Å². The van der Waals surface area contributed by atoms with Crippen LogP contribution in [0, 0.1) is 6.92 Å². The van der Waals surface area contributed by atoms with E-state index < -0.39 is 0 Å². The first-order chi connectivity index (χ1) is 9.08. The molecule has 1 heterocycles. The number of aryl methyl sites for hydroxylation is 2. The zero-order valence-electron chi connectivity index (χ0n) is 11.5. The molecule has 0 aliphatic rings. The second kappa shape index (κ2) is 6.30. The molecule has 19 heavy (non-hydrogen) atoms. The molecule has 1 atom stereocenters. The molecular formula is C14H19BrN4. The van der Waals surface area contributed by atoms with Gasteiger partial charge < -0.3 is 5.32 Å². The van der Waals surface area contributed by atoms with Crippen molar-refractivity contribution in [2.45, 2.75) is 26.3 Å². The Bertz CT molecular complexity index is 530. The molecule has 0 spiro atoms. The van der Waals surface area contributed by atoms with Crippen LogP contribution in [0.15, 0.2) is 28.9 Å². The summed E-state index contributed by atoms with van der Waals surface area (Å²) in [6.07, 6.45) is 2.81. The molecule has 1 unspecified atom stereocenters. The fraction of sp³-hybridized carbons (Fsp3) is 0.429. The third-order valence-corrected chi connectivity index (χ3v) is 3.44. The molecule has 4 nitrogen and oxygen atoms in total. The van der Waals surface area contributed by atoms with E-state index in [1.165, 1.54) is 11.1 Å². The Morgan fingerprint density at radius 3 is 2.74 bits per heavy atom. The molecule has 1 aromatic heterocycles. The van der Waals surface area contributed by atoms with E-state index in [4.69, 9.17) is 0 Å². The van der Waals surface area contributed by atoms with E-state index >= 15 is 0 Å². The van der Waals surface area contributed by atoms with Gasteiger partial charge in [-0.05, 0) is 36.7 Å². The monoisotopic (exact) mass is 322 g/mol.